The van der Waals surface area contributed by atoms with Gasteiger partial charge in [-0.25, -0.2) is 14.6 Å². The lowest BCUT2D eigenvalue weighted by Gasteiger charge is -2.22. The second-order valence-corrected chi connectivity index (χ2v) is 5.25. The van der Waals surface area contributed by atoms with Gasteiger partial charge < -0.3 is 4.74 Å². The summed E-state index contributed by atoms with van der Waals surface area (Å²) in [5.41, 5.74) is 1.93. The van der Waals surface area contributed by atoms with Crippen LogP contribution in [0.15, 0.2) is 24.8 Å². The summed E-state index contributed by atoms with van der Waals surface area (Å²) >= 11 is 2.23. The van der Waals surface area contributed by atoms with Crippen LogP contribution in [0.5, 0.6) is 0 Å². The molecule has 0 amide bonds. The van der Waals surface area contributed by atoms with Crippen molar-refractivity contribution in [2.75, 3.05) is 6.61 Å². The molecular weight excluding hydrogens is 343 g/mol. The van der Waals surface area contributed by atoms with Gasteiger partial charge in [0.2, 0.25) is 0 Å². The first-order valence-electron chi connectivity index (χ1n) is 5.97. The van der Waals surface area contributed by atoms with E-state index < -0.39 is 0 Å². The van der Waals surface area contributed by atoms with E-state index >= 15 is 0 Å². The second-order valence-electron chi connectivity index (χ2n) is 4.23. The van der Waals surface area contributed by atoms with Crippen LogP contribution in [0.25, 0.3) is 11.3 Å². The van der Waals surface area contributed by atoms with Crippen LogP contribution in [0.1, 0.15) is 25.5 Å². The minimum absolute atomic E-state index is 0.0721. The molecule has 0 spiro atoms. The standard InChI is InChI=1S/C12H13IN4O/c13-12-9(10-4-5-14-8-15-10)7-17(16-12)11-3-1-2-6-18-11/h4-5,7-8,11H,1-3,6H2. The molecule has 1 saturated heterocycles. The van der Waals surface area contributed by atoms with Gasteiger partial charge in [0.05, 0.1) is 11.3 Å². The number of aromatic nitrogens is 4. The fourth-order valence-corrected chi connectivity index (χ4v) is 2.74. The molecule has 18 heavy (non-hydrogen) atoms. The zero-order valence-electron chi connectivity index (χ0n) is 9.79. The Kier molecular flexibility index (Phi) is 3.55. The molecule has 0 bridgehead atoms. The zero-order chi connectivity index (χ0) is 12.4. The van der Waals surface area contributed by atoms with Crippen LogP contribution in [0.3, 0.4) is 0 Å². The van der Waals surface area contributed by atoms with E-state index in [0.717, 1.165) is 34.4 Å². The molecule has 1 unspecified atom stereocenters. The van der Waals surface area contributed by atoms with Crippen molar-refractivity contribution in [2.45, 2.75) is 25.5 Å². The van der Waals surface area contributed by atoms with Crippen molar-refractivity contribution in [1.29, 1.82) is 0 Å². The van der Waals surface area contributed by atoms with Crippen LogP contribution in [-0.2, 0) is 4.74 Å². The monoisotopic (exact) mass is 356 g/mol. The van der Waals surface area contributed by atoms with E-state index in [-0.39, 0.29) is 6.23 Å². The summed E-state index contributed by atoms with van der Waals surface area (Å²) in [7, 11) is 0. The third kappa shape index (κ3) is 2.39. The first-order chi connectivity index (χ1) is 8.84. The predicted octanol–water partition coefficient (Wildman–Crippen LogP) is 2.64. The molecule has 0 radical (unpaired) electrons. The van der Waals surface area contributed by atoms with Gasteiger partial charge >= 0.3 is 0 Å². The average molecular weight is 356 g/mol. The topological polar surface area (TPSA) is 52.8 Å². The highest BCUT2D eigenvalue weighted by molar-refractivity contribution is 14.1. The van der Waals surface area contributed by atoms with Crippen molar-refractivity contribution in [3.8, 4) is 11.3 Å². The highest BCUT2D eigenvalue weighted by Crippen LogP contribution is 2.27. The third-order valence-electron chi connectivity index (χ3n) is 3.00. The Balaban J connectivity index is 1.91. The molecule has 0 N–H and O–H groups in total. The summed E-state index contributed by atoms with van der Waals surface area (Å²) < 4.78 is 8.59. The lowest BCUT2D eigenvalue weighted by molar-refractivity contribution is -0.0396. The Bertz CT molecular complexity index is 522. The van der Waals surface area contributed by atoms with Gasteiger partial charge in [0, 0.05) is 19.0 Å². The number of nitrogens with zero attached hydrogens (tertiary/aromatic N) is 4. The Hall–Kier alpha value is -1.02. The zero-order valence-corrected chi connectivity index (χ0v) is 11.9. The van der Waals surface area contributed by atoms with Crippen molar-refractivity contribution < 1.29 is 4.74 Å². The maximum absolute atomic E-state index is 5.73. The number of halogens is 1. The first-order valence-corrected chi connectivity index (χ1v) is 7.05. The highest BCUT2D eigenvalue weighted by Gasteiger charge is 2.19. The smallest absolute Gasteiger partial charge is 0.150 e. The molecule has 0 saturated carbocycles. The molecule has 5 nitrogen and oxygen atoms in total. The van der Waals surface area contributed by atoms with E-state index in [1.807, 2.05) is 16.9 Å². The lowest BCUT2D eigenvalue weighted by atomic mass is 10.2. The summed E-state index contributed by atoms with van der Waals surface area (Å²) in [6, 6.07) is 1.89. The van der Waals surface area contributed by atoms with E-state index in [4.69, 9.17) is 4.74 Å². The van der Waals surface area contributed by atoms with E-state index in [0.29, 0.717) is 0 Å². The summed E-state index contributed by atoms with van der Waals surface area (Å²) in [5, 5.41) is 4.53. The van der Waals surface area contributed by atoms with Crippen molar-refractivity contribution in [3.05, 3.63) is 28.5 Å². The Labute approximate surface area is 119 Å². The van der Waals surface area contributed by atoms with E-state index in [1.54, 1.807) is 12.5 Å². The van der Waals surface area contributed by atoms with Gasteiger partial charge in [-0.05, 0) is 47.9 Å². The van der Waals surface area contributed by atoms with Gasteiger partial charge in [-0.1, -0.05) is 0 Å². The normalized spacial score (nSPS) is 19.9. The number of rotatable bonds is 2. The molecule has 1 aliphatic rings. The molecule has 2 aromatic rings. The molecule has 1 fully saturated rings. The quantitative estimate of drug-likeness (QED) is 0.777. The molecule has 1 aliphatic heterocycles. The lowest BCUT2D eigenvalue weighted by Crippen LogP contribution is -2.18. The summed E-state index contributed by atoms with van der Waals surface area (Å²) in [5.74, 6) is 0. The largest absolute Gasteiger partial charge is 0.357 e. The predicted molar refractivity (Wildman–Crippen MR) is 74.8 cm³/mol. The van der Waals surface area contributed by atoms with Crippen LogP contribution < -0.4 is 0 Å². The number of ether oxygens (including phenoxy) is 1. The minimum atomic E-state index is 0.0721. The van der Waals surface area contributed by atoms with Crippen molar-refractivity contribution in [2.24, 2.45) is 0 Å². The summed E-state index contributed by atoms with van der Waals surface area (Å²) in [4.78, 5) is 8.19. The molecule has 94 valence electrons. The molecule has 6 heteroatoms. The van der Waals surface area contributed by atoms with Crippen molar-refractivity contribution in [3.63, 3.8) is 0 Å². The Morgan fingerprint density at radius 1 is 1.39 bits per heavy atom. The molecule has 3 rings (SSSR count). The maximum atomic E-state index is 5.73. The van der Waals surface area contributed by atoms with Crippen LogP contribution in [0, 0.1) is 3.70 Å². The molecule has 2 aromatic heterocycles. The number of hydrogen-bond acceptors (Lipinski definition) is 4. The average Bonchev–Trinajstić information content (AvgIpc) is 2.83. The summed E-state index contributed by atoms with van der Waals surface area (Å²) in [6.07, 6.45) is 8.76. The van der Waals surface area contributed by atoms with E-state index in [1.165, 1.54) is 6.42 Å². The third-order valence-corrected chi connectivity index (χ3v) is 3.79. The highest BCUT2D eigenvalue weighted by atomic mass is 127. The fourth-order valence-electron chi connectivity index (χ4n) is 2.07. The number of hydrogen-bond donors (Lipinski definition) is 0. The molecule has 3 heterocycles. The molecule has 0 aromatic carbocycles. The Morgan fingerprint density at radius 3 is 3.06 bits per heavy atom. The van der Waals surface area contributed by atoms with Crippen LogP contribution in [-0.4, -0.2) is 26.4 Å². The van der Waals surface area contributed by atoms with Gasteiger partial charge in [-0.3, -0.25) is 0 Å². The minimum Gasteiger partial charge on any atom is -0.357 e. The van der Waals surface area contributed by atoms with Crippen LogP contribution in [0.4, 0.5) is 0 Å². The van der Waals surface area contributed by atoms with Gasteiger partial charge in [0.25, 0.3) is 0 Å². The molecule has 1 atom stereocenters. The van der Waals surface area contributed by atoms with Gasteiger partial charge in [0.1, 0.15) is 16.3 Å². The molecular formula is C12H13IN4O. The fraction of sp³-hybridized carbons (Fsp3) is 0.417. The van der Waals surface area contributed by atoms with Gasteiger partial charge in [-0.2, -0.15) is 5.10 Å². The second kappa shape index (κ2) is 5.31. The van der Waals surface area contributed by atoms with Crippen LogP contribution in [0.2, 0.25) is 0 Å². The Morgan fingerprint density at radius 2 is 2.33 bits per heavy atom. The SMILES string of the molecule is Ic1nn(C2CCCCO2)cc1-c1ccncn1. The summed E-state index contributed by atoms with van der Waals surface area (Å²) in [6.45, 7) is 0.823. The van der Waals surface area contributed by atoms with E-state index in [9.17, 15) is 0 Å². The first kappa shape index (κ1) is 12.0. The van der Waals surface area contributed by atoms with Gasteiger partial charge in [-0.15, -0.1) is 0 Å². The van der Waals surface area contributed by atoms with Crippen molar-refractivity contribution >= 4 is 22.6 Å². The van der Waals surface area contributed by atoms with E-state index in [2.05, 4.69) is 37.7 Å². The van der Waals surface area contributed by atoms with Gasteiger partial charge in [0.15, 0.2) is 0 Å². The van der Waals surface area contributed by atoms with Crippen molar-refractivity contribution in [1.82, 2.24) is 19.7 Å². The van der Waals surface area contributed by atoms with Crippen LogP contribution >= 0.6 is 22.6 Å². The maximum Gasteiger partial charge on any atom is 0.150 e. The molecule has 0 aliphatic carbocycles.